The van der Waals surface area contributed by atoms with Crippen LogP contribution in [0.3, 0.4) is 0 Å². The molecule has 1 aliphatic rings. The molecule has 0 radical (unpaired) electrons. The molecule has 0 saturated carbocycles. The molecule has 0 aliphatic carbocycles. The fourth-order valence-electron chi connectivity index (χ4n) is 2.98. The predicted molar refractivity (Wildman–Crippen MR) is 94.3 cm³/mol. The van der Waals surface area contributed by atoms with Gasteiger partial charge in [0.1, 0.15) is 0 Å². The first-order valence-electron chi connectivity index (χ1n) is 7.95. The Hall–Kier alpha value is -1.99. The van der Waals surface area contributed by atoms with Crippen molar-refractivity contribution < 1.29 is 9.00 Å². The lowest BCUT2D eigenvalue weighted by Crippen LogP contribution is -2.39. The van der Waals surface area contributed by atoms with Gasteiger partial charge in [0.15, 0.2) is 0 Å². The van der Waals surface area contributed by atoms with Crippen LogP contribution in [0, 0.1) is 0 Å². The summed E-state index contributed by atoms with van der Waals surface area (Å²) in [6.07, 6.45) is 6.01. The first kappa shape index (κ1) is 16.9. The lowest BCUT2D eigenvalue weighted by Gasteiger charge is -2.20. The van der Waals surface area contributed by atoms with Crippen molar-refractivity contribution in [2.75, 3.05) is 17.7 Å². The molecule has 2 heterocycles. The Labute approximate surface area is 144 Å². The molecule has 1 amide bonds. The van der Waals surface area contributed by atoms with E-state index < -0.39 is 10.8 Å². The second kappa shape index (κ2) is 6.86. The van der Waals surface area contributed by atoms with E-state index in [0.29, 0.717) is 6.54 Å². The highest BCUT2D eigenvalue weighted by Crippen LogP contribution is 2.23. The summed E-state index contributed by atoms with van der Waals surface area (Å²) in [4.78, 5) is 15.2. The smallest absolute Gasteiger partial charge is 0.244 e. The summed E-state index contributed by atoms with van der Waals surface area (Å²) in [5.74, 6) is 0.0844. The second-order valence-corrected chi connectivity index (χ2v) is 7.49. The van der Waals surface area contributed by atoms with Crippen LogP contribution < -0.4 is 10.2 Å². The van der Waals surface area contributed by atoms with E-state index in [-0.39, 0.29) is 18.0 Å². The Morgan fingerprint density at radius 1 is 1.33 bits per heavy atom. The number of nitrogens with one attached hydrogen (secondary N) is 1. The van der Waals surface area contributed by atoms with Crippen molar-refractivity contribution >= 4 is 22.4 Å². The highest BCUT2D eigenvalue weighted by molar-refractivity contribution is 7.84. The summed E-state index contributed by atoms with van der Waals surface area (Å²) in [6, 6.07) is 7.54. The van der Waals surface area contributed by atoms with Gasteiger partial charge in [-0.1, -0.05) is 12.1 Å². The predicted octanol–water partition coefficient (Wildman–Crippen LogP) is 1.61. The number of carbonyl (C=O) groups excluding carboxylic acids is 1. The van der Waals surface area contributed by atoms with E-state index in [2.05, 4.69) is 10.4 Å². The van der Waals surface area contributed by atoms with Crippen molar-refractivity contribution in [3.8, 4) is 0 Å². The first-order valence-corrected chi connectivity index (χ1v) is 9.51. The summed E-state index contributed by atoms with van der Waals surface area (Å²) in [5.41, 5.74) is 1.92. The van der Waals surface area contributed by atoms with Gasteiger partial charge in [-0.05, 0) is 31.0 Å². The highest BCUT2D eigenvalue weighted by Gasteiger charge is 2.33. The van der Waals surface area contributed by atoms with Crippen molar-refractivity contribution in [2.45, 2.75) is 30.3 Å². The lowest BCUT2D eigenvalue weighted by atomic mass is 10.1. The van der Waals surface area contributed by atoms with E-state index in [0.717, 1.165) is 22.6 Å². The number of rotatable bonds is 5. The van der Waals surface area contributed by atoms with Crippen molar-refractivity contribution in [1.29, 1.82) is 0 Å². The van der Waals surface area contributed by atoms with E-state index in [1.807, 2.05) is 44.4 Å². The molecular weight excluding hydrogens is 324 g/mol. The molecular formula is C17H22N4O2S. The summed E-state index contributed by atoms with van der Waals surface area (Å²) in [6.45, 7) is 2.74. The maximum atomic E-state index is 12.6. The van der Waals surface area contributed by atoms with Crippen molar-refractivity contribution in [2.24, 2.45) is 7.05 Å². The fraction of sp³-hybridized carbons (Fsp3) is 0.412. The van der Waals surface area contributed by atoms with E-state index >= 15 is 0 Å². The Balaban J connectivity index is 1.65. The Morgan fingerprint density at radius 3 is 2.62 bits per heavy atom. The third kappa shape index (κ3) is 3.42. The highest BCUT2D eigenvalue weighted by atomic mass is 32.2. The molecule has 0 bridgehead atoms. The summed E-state index contributed by atoms with van der Waals surface area (Å²) >= 11 is 0. The SMILES string of the molecule is C[C@H](N[C@@H]1CCN(c2cnn(C)c2)C1=O)c1ccc([S@@](C)=O)cc1. The van der Waals surface area contributed by atoms with E-state index in [1.54, 1.807) is 22.0 Å². The van der Waals surface area contributed by atoms with Crippen molar-refractivity contribution in [3.63, 3.8) is 0 Å². The Bertz CT molecular complexity index is 756. The van der Waals surface area contributed by atoms with Gasteiger partial charge in [-0.15, -0.1) is 0 Å². The standard InChI is InChI=1S/C17H22N4O2S/c1-12(13-4-6-15(7-5-13)24(3)23)19-16-8-9-21(17(16)22)14-10-18-20(2)11-14/h4-7,10-12,16,19H,8-9H2,1-3H3/t12-,16+,24+/m0/s1. The number of aromatic nitrogens is 2. The van der Waals surface area contributed by atoms with E-state index in [1.165, 1.54) is 0 Å². The summed E-state index contributed by atoms with van der Waals surface area (Å²) in [5, 5.41) is 7.53. The van der Waals surface area contributed by atoms with Gasteiger partial charge in [0.2, 0.25) is 5.91 Å². The number of hydrogen-bond donors (Lipinski definition) is 1. The van der Waals surface area contributed by atoms with Gasteiger partial charge in [0.25, 0.3) is 0 Å². The summed E-state index contributed by atoms with van der Waals surface area (Å²) < 4.78 is 13.2. The molecule has 0 unspecified atom stereocenters. The van der Waals surface area contributed by atoms with Crippen LogP contribution in [0.4, 0.5) is 5.69 Å². The molecule has 128 valence electrons. The minimum absolute atomic E-state index is 0.0483. The molecule has 6 nitrogen and oxygen atoms in total. The maximum absolute atomic E-state index is 12.6. The van der Waals surface area contributed by atoms with Gasteiger partial charge >= 0.3 is 0 Å². The fourth-order valence-corrected chi connectivity index (χ4v) is 3.50. The number of nitrogens with zero attached hydrogens (tertiary/aromatic N) is 3. The topological polar surface area (TPSA) is 67.2 Å². The van der Waals surface area contributed by atoms with Crippen LogP contribution in [0.1, 0.15) is 24.9 Å². The lowest BCUT2D eigenvalue weighted by molar-refractivity contribution is -0.119. The Kier molecular flexibility index (Phi) is 4.82. The van der Waals surface area contributed by atoms with Crippen LogP contribution in [-0.2, 0) is 22.6 Å². The number of carbonyl (C=O) groups is 1. The zero-order valence-corrected chi connectivity index (χ0v) is 14.9. The molecule has 1 aromatic carbocycles. The third-order valence-corrected chi connectivity index (χ3v) is 5.31. The number of anilines is 1. The number of aryl methyl sites for hydroxylation is 1. The van der Waals surface area contributed by atoms with Crippen LogP contribution >= 0.6 is 0 Å². The number of benzene rings is 1. The molecule has 1 fully saturated rings. The molecule has 1 aromatic heterocycles. The van der Waals surface area contributed by atoms with Crippen molar-refractivity contribution in [3.05, 3.63) is 42.2 Å². The molecule has 0 spiro atoms. The molecule has 3 atom stereocenters. The van der Waals surface area contributed by atoms with Crippen LogP contribution in [0.15, 0.2) is 41.6 Å². The molecule has 1 N–H and O–H groups in total. The second-order valence-electron chi connectivity index (χ2n) is 6.11. The van der Waals surface area contributed by atoms with Gasteiger partial charge < -0.3 is 4.90 Å². The third-order valence-electron chi connectivity index (χ3n) is 4.37. The van der Waals surface area contributed by atoms with Crippen molar-refractivity contribution in [1.82, 2.24) is 15.1 Å². The van der Waals surface area contributed by atoms with E-state index in [9.17, 15) is 9.00 Å². The van der Waals surface area contributed by atoms with E-state index in [4.69, 9.17) is 0 Å². The van der Waals surface area contributed by atoms with Gasteiger partial charge in [0.05, 0.1) is 17.9 Å². The average molecular weight is 346 g/mol. The molecule has 1 aliphatic heterocycles. The van der Waals surface area contributed by atoms with Gasteiger partial charge in [-0.2, -0.15) is 5.10 Å². The normalized spacial score (nSPS) is 20.4. The largest absolute Gasteiger partial charge is 0.308 e. The zero-order valence-electron chi connectivity index (χ0n) is 14.1. The minimum Gasteiger partial charge on any atom is -0.308 e. The number of hydrogen-bond acceptors (Lipinski definition) is 4. The van der Waals surface area contributed by atoms with Crippen LogP contribution in [0.5, 0.6) is 0 Å². The Morgan fingerprint density at radius 2 is 2.04 bits per heavy atom. The first-order chi connectivity index (χ1) is 11.5. The van der Waals surface area contributed by atoms with Gasteiger partial charge in [-0.25, -0.2) is 0 Å². The van der Waals surface area contributed by atoms with Crippen LogP contribution in [0.2, 0.25) is 0 Å². The van der Waals surface area contributed by atoms with Gasteiger partial charge in [0, 0.05) is 47.8 Å². The monoisotopic (exact) mass is 346 g/mol. The summed E-state index contributed by atoms with van der Waals surface area (Å²) in [7, 11) is 0.869. The zero-order chi connectivity index (χ0) is 17.3. The minimum atomic E-state index is -0.973. The molecule has 1 saturated heterocycles. The average Bonchev–Trinajstić information content (AvgIpc) is 3.14. The molecule has 3 rings (SSSR count). The molecule has 7 heteroatoms. The van der Waals surface area contributed by atoms with Crippen LogP contribution in [-0.4, -0.2) is 38.7 Å². The quantitative estimate of drug-likeness (QED) is 0.893. The molecule has 2 aromatic rings. The maximum Gasteiger partial charge on any atom is 0.244 e. The van der Waals surface area contributed by atoms with Gasteiger partial charge in [-0.3, -0.25) is 19.0 Å². The van der Waals surface area contributed by atoms with Crippen LogP contribution in [0.25, 0.3) is 0 Å². The molecule has 24 heavy (non-hydrogen) atoms. The number of amides is 1.